The zero-order valence-corrected chi connectivity index (χ0v) is 25.7. The molecule has 3 aromatic heterocycles. The van der Waals surface area contributed by atoms with Crippen LogP contribution in [0.5, 0.6) is 5.75 Å². The normalized spacial score (nSPS) is 15.3. The average Bonchev–Trinajstić information content (AvgIpc) is 3.74. The van der Waals surface area contributed by atoms with Crippen LogP contribution in [0.25, 0.3) is 15.2 Å². The minimum Gasteiger partial charge on any atom is -0.496 e. The van der Waals surface area contributed by atoms with E-state index in [2.05, 4.69) is 5.10 Å². The van der Waals surface area contributed by atoms with Gasteiger partial charge in [0, 0.05) is 36.6 Å². The number of hydrogen-bond acceptors (Lipinski definition) is 8. The minimum atomic E-state index is -1.23. The summed E-state index contributed by atoms with van der Waals surface area (Å²) in [5.41, 5.74) is -1.57. The number of ether oxygens (including phenoxy) is 2. The number of carbonyl (C=O) groups is 1. The average molecular weight is 614 g/mol. The van der Waals surface area contributed by atoms with Gasteiger partial charge in [-0.1, -0.05) is 11.3 Å². The number of nitrogens with zero attached hydrogens (tertiary/aromatic N) is 5. The maximum atomic E-state index is 14.5. The molecule has 4 aromatic rings. The predicted molar refractivity (Wildman–Crippen MR) is 161 cm³/mol. The van der Waals surface area contributed by atoms with E-state index in [9.17, 15) is 23.9 Å². The van der Waals surface area contributed by atoms with E-state index in [1.54, 1.807) is 55.7 Å². The summed E-state index contributed by atoms with van der Waals surface area (Å²) in [6.07, 6.45) is 4.12. The molecule has 1 amide bonds. The summed E-state index contributed by atoms with van der Waals surface area (Å²) in [6, 6.07) is 4.68. The van der Waals surface area contributed by atoms with Crippen LogP contribution in [0.2, 0.25) is 0 Å². The van der Waals surface area contributed by atoms with E-state index >= 15 is 0 Å². The Morgan fingerprint density at radius 2 is 1.95 bits per heavy atom. The van der Waals surface area contributed by atoms with Crippen molar-refractivity contribution in [3.05, 3.63) is 74.4 Å². The molecule has 0 bridgehead atoms. The molecule has 4 heterocycles. The number of benzene rings is 1. The van der Waals surface area contributed by atoms with Gasteiger partial charge in [-0.15, -0.1) is 0 Å². The number of thiophene rings is 1. The summed E-state index contributed by atoms with van der Waals surface area (Å²) < 4.78 is 30.2. The summed E-state index contributed by atoms with van der Waals surface area (Å²) in [5.74, 6) is -0.505. The molecule has 0 spiro atoms. The number of hydrogen-bond donors (Lipinski definition) is 1. The van der Waals surface area contributed by atoms with Gasteiger partial charge in [0.15, 0.2) is 0 Å². The SMILES string of the molecule is COc1ccc(F)cc1[C@H](Cn1c(=O)n(C(C)C(=O)N2CCCC2)c(=O)c2c(C)c(-n3cccn3)sc21)OCC(C)(C)O. The third kappa shape index (κ3) is 6.01. The van der Waals surface area contributed by atoms with Crippen LogP contribution in [-0.4, -0.2) is 67.2 Å². The van der Waals surface area contributed by atoms with Crippen LogP contribution in [0.15, 0.2) is 46.2 Å². The summed E-state index contributed by atoms with van der Waals surface area (Å²) in [7, 11) is 1.44. The molecular formula is C30H36FN5O6S. The van der Waals surface area contributed by atoms with Gasteiger partial charge in [-0.3, -0.25) is 14.2 Å². The lowest BCUT2D eigenvalue weighted by Crippen LogP contribution is -2.47. The number of halogens is 1. The Hall–Kier alpha value is -3.81. The Bertz CT molecular complexity index is 1750. The van der Waals surface area contributed by atoms with Crippen molar-refractivity contribution >= 4 is 27.5 Å². The van der Waals surface area contributed by atoms with E-state index in [0.717, 1.165) is 17.4 Å². The second kappa shape index (κ2) is 12.1. The van der Waals surface area contributed by atoms with Crippen molar-refractivity contribution in [2.45, 2.75) is 64.8 Å². The highest BCUT2D eigenvalue weighted by molar-refractivity contribution is 7.21. The highest BCUT2D eigenvalue weighted by Crippen LogP contribution is 2.34. The third-order valence-corrected chi connectivity index (χ3v) is 8.92. The third-order valence-electron chi connectivity index (χ3n) is 7.62. The number of carbonyl (C=O) groups excluding carboxylic acids is 1. The van der Waals surface area contributed by atoms with Gasteiger partial charge in [-0.05, 0) is 64.8 Å². The number of likely N-dealkylation sites (tertiary alicyclic amines) is 1. The van der Waals surface area contributed by atoms with Gasteiger partial charge in [0.25, 0.3) is 5.56 Å². The maximum Gasteiger partial charge on any atom is 0.332 e. The van der Waals surface area contributed by atoms with Gasteiger partial charge in [0.2, 0.25) is 5.91 Å². The Morgan fingerprint density at radius 1 is 1.23 bits per heavy atom. The van der Waals surface area contributed by atoms with Crippen molar-refractivity contribution in [2.75, 3.05) is 26.8 Å². The van der Waals surface area contributed by atoms with Crippen molar-refractivity contribution in [1.29, 1.82) is 0 Å². The zero-order chi connectivity index (χ0) is 31.1. The first kappa shape index (κ1) is 30.6. The molecule has 1 aliphatic rings. The van der Waals surface area contributed by atoms with Crippen LogP contribution in [0, 0.1) is 12.7 Å². The van der Waals surface area contributed by atoms with Crippen molar-refractivity contribution in [3.63, 3.8) is 0 Å². The fourth-order valence-electron chi connectivity index (χ4n) is 5.44. The van der Waals surface area contributed by atoms with Crippen LogP contribution in [0.3, 0.4) is 0 Å². The van der Waals surface area contributed by atoms with E-state index in [0.29, 0.717) is 39.8 Å². The monoisotopic (exact) mass is 613 g/mol. The standard InChI is InChI=1S/C30H36FN5O6S/c1-18-24-26(38)36(19(2)25(37)33-12-6-7-13-33)29(39)34(28(24)43-27(18)35-14-8-11-32-35)16-23(42-17-30(3,4)40)21-15-20(31)9-10-22(21)41-5/h8-11,14-15,19,23,40H,6-7,12-13,16-17H2,1-5H3/t19?,23-/m0/s1. The Kier molecular flexibility index (Phi) is 8.59. The van der Waals surface area contributed by atoms with Gasteiger partial charge in [-0.2, -0.15) is 5.10 Å². The fraction of sp³-hybridized carbons (Fsp3) is 0.467. The summed E-state index contributed by atoms with van der Waals surface area (Å²) in [6.45, 7) is 7.33. The van der Waals surface area contributed by atoms with Crippen LogP contribution in [-0.2, 0) is 16.1 Å². The first-order valence-corrected chi connectivity index (χ1v) is 15.0. The minimum absolute atomic E-state index is 0.138. The number of methoxy groups -OCH3 is 1. The predicted octanol–water partition coefficient (Wildman–Crippen LogP) is 3.58. The van der Waals surface area contributed by atoms with Crippen LogP contribution in [0.1, 0.15) is 56.9 Å². The second-order valence-electron chi connectivity index (χ2n) is 11.4. The Balaban J connectivity index is 1.74. The van der Waals surface area contributed by atoms with Crippen molar-refractivity contribution < 1.29 is 23.8 Å². The lowest BCUT2D eigenvalue weighted by Gasteiger charge is -2.27. The number of fused-ring (bicyclic) bond motifs is 1. The molecule has 0 aliphatic carbocycles. The molecule has 1 aliphatic heterocycles. The van der Waals surface area contributed by atoms with Crippen LogP contribution in [0.4, 0.5) is 4.39 Å². The van der Waals surface area contributed by atoms with E-state index in [1.807, 2.05) is 0 Å². The molecule has 11 nitrogen and oxygen atoms in total. The Morgan fingerprint density at radius 3 is 2.58 bits per heavy atom. The van der Waals surface area contributed by atoms with E-state index < -0.39 is 34.8 Å². The topological polar surface area (TPSA) is 121 Å². The quantitative estimate of drug-likeness (QED) is 0.290. The number of aryl methyl sites for hydroxylation is 1. The number of amides is 1. The maximum absolute atomic E-state index is 14.5. The highest BCUT2D eigenvalue weighted by Gasteiger charge is 2.31. The van der Waals surface area contributed by atoms with Gasteiger partial charge in [0.1, 0.15) is 33.5 Å². The van der Waals surface area contributed by atoms with E-state index in [-0.39, 0.29) is 24.4 Å². The lowest BCUT2D eigenvalue weighted by atomic mass is 10.1. The molecule has 0 radical (unpaired) electrons. The molecule has 230 valence electrons. The van der Waals surface area contributed by atoms with Gasteiger partial charge in [-0.25, -0.2) is 18.4 Å². The van der Waals surface area contributed by atoms with Gasteiger partial charge < -0.3 is 19.5 Å². The number of aliphatic hydroxyl groups is 1. The first-order chi connectivity index (χ1) is 20.4. The van der Waals surface area contributed by atoms with Crippen molar-refractivity contribution in [2.24, 2.45) is 0 Å². The molecule has 13 heteroatoms. The van der Waals surface area contributed by atoms with E-state index in [4.69, 9.17) is 9.47 Å². The number of rotatable bonds is 10. The molecule has 1 aromatic carbocycles. The first-order valence-electron chi connectivity index (χ1n) is 14.2. The molecule has 0 saturated carbocycles. The second-order valence-corrected chi connectivity index (χ2v) is 12.4. The molecular weight excluding hydrogens is 577 g/mol. The highest BCUT2D eigenvalue weighted by atomic mass is 32.1. The largest absolute Gasteiger partial charge is 0.496 e. The molecule has 1 fully saturated rings. The van der Waals surface area contributed by atoms with Crippen molar-refractivity contribution in [1.82, 2.24) is 23.8 Å². The van der Waals surface area contributed by atoms with Crippen molar-refractivity contribution in [3.8, 4) is 10.8 Å². The summed E-state index contributed by atoms with van der Waals surface area (Å²) in [5, 5.41) is 15.7. The molecule has 1 saturated heterocycles. The molecule has 1 unspecified atom stereocenters. The molecule has 5 rings (SSSR count). The van der Waals surface area contributed by atoms with Crippen LogP contribution < -0.4 is 16.0 Å². The zero-order valence-electron chi connectivity index (χ0n) is 24.9. The van der Waals surface area contributed by atoms with E-state index in [1.165, 1.54) is 41.2 Å². The molecule has 2 atom stereocenters. The fourth-order valence-corrected chi connectivity index (χ4v) is 6.69. The summed E-state index contributed by atoms with van der Waals surface area (Å²) in [4.78, 5) is 43.8. The Labute approximate surface area is 251 Å². The van der Waals surface area contributed by atoms with Crippen LogP contribution >= 0.6 is 11.3 Å². The summed E-state index contributed by atoms with van der Waals surface area (Å²) >= 11 is 1.21. The lowest BCUT2D eigenvalue weighted by molar-refractivity contribution is -0.133. The smallest absolute Gasteiger partial charge is 0.332 e. The number of aromatic nitrogens is 4. The van der Waals surface area contributed by atoms with Gasteiger partial charge >= 0.3 is 5.69 Å². The van der Waals surface area contributed by atoms with Gasteiger partial charge in [0.05, 0.1) is 31.2 Å². The molecule has 43 heavy (non-hydrogen) atoms. The molecule has 1 N–H and O–H groups in total.